The lowest BCUT2D eigenvalue weighted by atomic mass is 10.1. The van der Waals surface area contributed by atoms with Crippen molar-refractivity contribution < 1.29 is 9.59 Å². The molecule has 4 nitrogen and oxygen atoms in total. The Morgan fingerprint density at radius 1 is 1.32 bits per heavy atom. The summed E-state index contributed by atoms with van der Waals surface area (Å²) < 4.78 is 0. The second kappa shape index (κ2) is 6.10. The third-order valence-corrected chi connectivity index (χ3v) is 3.85. The van der Waals surface area contributed by atoms with Gasteiger partial charge in [-0.15, -0.1) is 0 Å². The van der Waals surface area contributed by atoms with Gasteiger partial charge in [0.1, 0.15) is 6.04 Å². The Hall–Kier alpha value is -1.49. The van der Waals surface area contributed by atoms with Crippen LogP contribution in [0.15, 0.2) is 24.3 Å². The molecule has 1 aromatic carbocycles. The number of rotatable bonds is 4. The molecule has 1 aliphatic heterocycles. The van der Waals surface area contributed by atoms with Crippen LogP contribution in [0.25, 0.3) is 0 Å². The highest BCUT2D eigenvalue weighted by atomic mass is 32.2. The number of thioether (sulfide) groups is 1. The van der Waals surface area contributed by atoms with Gasteiger partial charge in [-0.2, -0.15) is 11.8 Å². The average molecular weight is 278 g/mol. The van der Waals surface area contributed by atoms with Crippen LogP contribution in [0, 0.1) is 0 Å². The second-order valence-electron chi connectivity index (χ2n) is 4.55. The maximum Gasteiger partial charge on any atom is 0.254 e. The molecule has 1 heterocycles. The zero-order valence-electron chi connectivity index (χ0n) is 11.2. The Kier molecular flexibility index (Phi) is 4.47. The first-order valence-corrected chi connectivity index (χ1v) is 7.74. The summed E-state index contributed by atoms with van der Waals surface area (Å²) in [5, 5.41) is 2.73. The van der Waals surface area contributed by atoms with Crippen molar-refractivity contribution in [1.82, 2.24) is 5.32 Å². The molecule has 1 aromatic rings. The smallest absolute Gasteiger partial charge is 0.254 e. The highest BCUT2D eigenvalue weighted by Crippen LogP contribution is 2.24. The van der Waals surface area contributed by atoms with Crippen LogP contribution in [0.2, 0.25) is 0 Å². The number of anilines is 1. The van der Waals surface area contributed by atoms with Crippen LogP contribution in [0.5, 0.6) is 0 Å². The van der Waals surface area contributed by atoms with Crippen LogP contribution < -0.4 is 10.2 Å². The predicted octanol–water partition coefficient (Wildman–Crippen LogP) is 1.90. The summed E-state index contributed by atoms with van der Waals surface area (Å²) in [6.07, 6.45) is 2.97. The number of carbonyl (C=O) groups excluding carboxylic acids is 2. The fraction of sp³-hybridized carbons (Fsp3) is 0.429. The lowest BCUT2D eigenvalue weighted by Crippen LogP contribution is -2.44. The molecule has 0 fully saturated rings. The largest absolute Gasteiger partial charge is 0.340 e. The Morgan fingerprint density at radius 2 is 2.05 bits per heavy atom. The fourth-order valence-corrected chi connectivity index (χ4v) is 2.61. The lowest BCUT2D eigenvalue weighted by Gasteiger charge is -2.23. The fourth-order valence-electron chi connectivity index (χ4n) is 2.19. The van der Waals surface area contributed by atoms with Crippen LogP contribution in [0.4, 0.5) is 5.69 Å². The average Bonchev–Trinajstić information content (AvgIpc) is 2.50. The van der Waals surface area contributed by atoms with Gasteiger partial charge in [-0.05, 0) is 37.5 Å². The highest BCUT2D eigenvalue weighted by molar-refractivity contribution is 7.98. The van der Waals surface area contributed by atoms with Gasteiger partial charge in [-0.25, -0.2) is 0 Å². The number of amides is 2. The van der Waals surface area contributed by atoms with Crippen LogP contribution in [0.3, 0.4) is 0 Å². The summed E-state index contributed by atoms with van der Waals surface area (Å²) in [5.74, 6) is 0.782. The number of hydrogen-bond acceptors (Lipinski definition) is 3. The minimum absolute atomic E-state index is 0.0422. The van der Waals surface area contributed by atoms with Crippen molar-refractivity contribution in [3.05, 3.63) is 29.8 Å². The van der Waals surface area contributed by atoms with E-state index in [0.29, 0.717) is 12.1 Å². The van der Waals surface area contributed by atoms with Crippen LogP contribution in [0.1, 0.15) is 23.7 Å². The number of nitrogens with one attached hydrogen (secondary N) is 1. The van der Waals surface area contributed by atoms with E-state index in [1.807, 2.05) is 24.5 Å². The molecule has 1 aliphatic rings. The minimum atomic E-state index is -0.478. The van der Waals surface area contributed by atoms with E-state index in [1.165, 1.54) is 0 Å². The standard InChI is InChI=1S/C14H18N2O2S/c1-10-14(18)16(8-5-9-19-2)12-7-4-3-6-11(12)13(17)15-10/h3-4,6-7,10H,5,8-9H2,1-2H3,(H,15,17). The molecule has 2 rings (SSSR count). The monoisotopic (exact) mass is 278 g/mol. The third-order valence-electron chi connectivity index (χ3n) is 3.15. The van der Waals surface area contributed by atoms with E-state index in [4.69, 9.17) is 0 Å². The van der Waals surface area contributed by atoms with Gasteiger partial charge < -0.3 is 10.2 Å². The first kappa shape index (κ1) is 13.9. The van der Waals surface area contributed by atoms with Crippen molar-refractivity contribution in [2.24, 2.45) is 0 Å². The molecule has 19 heavy (non-hydrogen) atoms. The van der Waals surface area contributed by atoms with E-state index < -0.39 is 6.04 Å². The quantitative estimate of drug-likeness (QED) is 0.856. The number of fused-ring (bicyclic) bond motifs is 1. The molecule has 0 bridgehead atoms. The molecule has 1 unspecified atom stereocenters. The van der Waals surface area contributed by atoms with Gasteiger partial charge in [0.05, 0.1) is 11.3 Å². The lowest BCUT2D eigenvalue weighted by molar-refractivity contribution is -0.119. The van der Waals surface area contributed by atoms with Crippen molar-refractivity contribution in [1.29, 1.82) is 0 Å². The summed E-state index contributed by atoms with van der Waals surface area (Å²) in [7, 11) is 0. The topological polar surface area (TPSA) is 49.4 Å². The van der Waals surface area contributed by atoms with Crippen LogP contribution in [-0.2, 0) is 4.79 Å². The van der Waals surface area contributed by atoms with E-state index in [9.17, 15) is 9.59 Å². The van der Waals surface area contributed by atoms with Crippen molar-refractivity contribution in [3.8, 4) is 0 Å². The van der Waals surface area contributed by atoms with Crippen LogP contribution in [-0.4, -0.2) is 36.4 Å². The Bertz CT molecular complexity index is 490. The SMILES string of the molecule is CSCCCN1C(=O)C(C)NC(=O)c2ccccc21. The molecule has 0 radical (unpaired) electrons. The van der Waals surface area contributed by atoms with Crippen molar-refractivity contribution >= 4 is 29.3 Å². The van der Waals surface area contributed by atoms with Gasteiger partial charge in [0.25, 0.3) is 5.91 Å². The van der Waals surface area contributed by atoms with Crippen molar-refractivity contribution in [3.63, 3.8) is 0 Å². The Balaban J connectivity index is 2.34. The zero-order chi connectivity index (χ0) is 13.8. The summed E-state index contributed by atoms with van der Waals surface area (Å²) in [4.78, 5) is 26.1. The molecule has 0 saturated carbocycles. The highest BCUT2D eigenvalue weighted by Gasteiger charge is 2.30. The molecule has 2 amide bonds. The summed E-state index contributed by atoms with van der Waals surface area (Å²) >= 11 is 1.76. The maximum absolute atomic E-state index is 12.4. The van der Waals surface area contributed by atoms with Gasteiger partial charge in [0.15, 0.2) is 0 Å². The molecule has 102 valence electrons. The van der Waals surface area contributed by atoms with Crippen molar-refractivity contribution in [2.75, 3.05) is 23.5 Å². The molecule has 1 atom stereocenters. The molecule has 0 spiro atoms. The van der Waals surface area contributed by atoms with Crippen molar-refractivity contribution in [2.45, 2.75) is 19.4 Å². The molecular formula is C14H18N2O2S. The summed E-state index contributed by atoms with van der Waals surface area (Å²) in [6.45, 7) is 2.38. The normalized spacial score (nSPS) is 18.8. The van der Waals surface area contributed by atoms with Gasteiger partial charge >= 0.3 is 0 Å². The molecule has 0 saturated heterocycles. The number of nitrogens with zero attached hydrogens (tertiary/aromatic N) is 1. The molecule has 1 N–H and O–H groups in total. The summed E-state index contributed by atoms with van der Waals surface area (Å²) in [5.41, 5.74) is 1.29. The molecule has 0 aliphatic carbocycles. The number of para-hydroxylation sites is 1. The van der Waals surface area contributed by atoms with E-state index in [-0.39, 0.29) is 11.8 Å². The summed E-state index contributed by atoms with van der Waals surface area (Å²) in [6, 6.07) is 6.80. The predicted molar refractivity (Wildman–Crippen MR) is 78.7 cm³/mol. The first-order valence-electron chi connectivity index (χ1n) is 6.35. The van der Waals surface area contributed by atoms with E-state index in [0.717, 1.165) is 17.9 Å². The Morgan fingerprint density at radius 3 is 2.79 bits per heavy atom. The van der Waals surface area contributed by atoms with E-state index in [1.54, 1.807) is 29.7 Å². The van der Waals surface area contributed by atoms with Gasteiger partial charge in [0, 0.05) is 6.54 Å². The second-order valence-corrected chi connectivity index (χ2v) is 5.53. The first-order chi connectivity index (χ1) is 9.15. The number of benzene rings is 1. The van der Waals surface area contributed by atoms with Gasteiger partial charge in [-0.3, -0.25) is 9.59 Å². The minimum Gasteiger partial charge on any atom is -0.340 e. The van der Waals surface area contributed by atoms with Crippen LogP contribution >= 0.6 is 11.8 Å². The molecule has 5 heteroatoms. The number of hydrogen-bond donors (Lipinski definition) is 1. The maximum atomic E-state index is 12.4. The molecule has 0 aromatic heterocycles. The van der Waals surface area contributed by atoms with E-state index >= 15 is 0 Å². The zero-order valence-corrected chi connectivity index (χ0v) is 12.0. The molecular weight excluding hydrogens is 260 g/mol. The number of carbonyl (C=O) groups is 2. The third kappa shape index (κ3) is 2.92. The van der Waals surface area contributed by atoms with Gasteiger partial charge in [-0.1, -0.05) is 12.1 Å². The van der Waals surface area contributed by atoms with E-state index in [2.05, 4.69) is 5.32 Å². The van der Waals surface area contributed by atoms with Gasteiger partial charge in [0.2, 0.25) is 5.91 Å². The Labute approximate surface area is 117 Å².